The lowest BCUT2D eigenvalue weighted by Gasteiger charge is -2.28. The highest BCUT2D eigenvalue weighted by Gasteiger charge is 2.40. The molecule has 1 aliphatic rings. The predicted octanol–water partition coefficient (Wildman–Crippen LogP) is 1.67. The van der Waals surface area contributed by atoms with Gasteiger partial charge in [0.25, 0.3) is 0 Å². The summed E-state index contributed by atoms with van der Waals surface area (Å²) in [7, 11) is -3.65. The van der Waals surface area contributed by atoms with Crippen molar-refractivity contribution in [3.63, 3.8) is 0 Å². The summed E-state index contributed by atoms with van der Waals surface area (Å²) in [4.78, 5) is 0.0595. The number of sulfonamides is 1. The molecule has 0 amide bonds. The Labute approximate surface area is 106 Å². The van der Waals surface area contributed by atoms with E-state index in [0.717, 1.165) is 12.1 Å². The standard InChI is InChI=1S/C12H16FNO3S/c1-9-12(2,7-8-17-9)14-18(15,16)11-5-3-10(13)4-6-11/h3-6,9,14H,7-8H2,1-2H3. The number of halogens is 1. The molecule has 4 nitrogen and oxygen atoms in total. The van der Waals surface area contributed by atoms with E-state index in [1.807, 2.05) is 13.8 Å². The lowest BCUT2D eigenvalue weighted by Crippen LogP contribution is -2.50. The fraction of sp³-hybridized carbons (Fsp3) is 0.500. The van der Waals surface area contributed by atoms with E-state index in [1.54, 1.807) is 0 Å². The predicted molar refractivity (Wildman–Crippen MR) is 65.2 cm³/mol. The highest BCUT2D eigenvalue weighted by atomic mass is 32.2. The fourth-order valence-corrected chi connectivity index (χ4v) is 3.44. The van der Waals surface area contributed by atoms with Crippen LogP contribution in [0.25, 0.3) is 0 Å². The summed E-state index contributed by atoms with van der Waals surface area (Å²) in [5.74, 6) is -0.460. The minimum absolute atomic E-state index is 0.0595. The summed E-state index contributed by atoms with van der Waals surface area (Å²) in [6.07, 6.45) is 0.432. The minimum atomic E-state index is -3.65. The first-order valence-corrected chi connectivity index (χ1v) is 7.23. The van der Waals surface area contributed by atoms with E-state index in [0.29, 0.717) is 13.0 Å². The Morgan fingerprint density at radius 1 is 1.39 bits per heavy atom. The molecule has 6 heteroatoms. The van der Waals surface area contributed by atoms with Gasteiger partial charge in [0.1, 0.15) is 5.82 Å². The molecule has 0 saturated carbocycles. The zero-order chi connectivity index (χ0) is 13.4. The molecule has 2 atom stereocenters. The minimum Gasteiger partial charge on any atom is -0.376 e. The molecule has 0 radical (unpaired) electrons. The van der Waals surface area contributed by atoms with Crippen LogP contribution in [0, 0.1) is 5.82 Å². The van der Waals surface area contributed by atoms with Crippen LogP contribution in [0.2, 0.25) is 0 Å². The molecule has 18 heavy (non-hydrogen) atoms. The second-order valence-corrected chi connectivity index (χ2v) is 6.42. The maximum absolute atomic E-state index is 12.8. The van der Waals surface area contributed by atoms with Crippen LogP contribution in [0.4, 0.5) is 4.39 Å². The van der Waals surface area contributed by atoms with Crippen LogP contribution in [-0.2, 0) is 14.8 Å². The molecule has 1 heterocycles. The zero-order valence-electron chi connectivity index (χ0n) is 10.3. The van der Waals surface area contributed by atoms with E-state index in [9.17, 15) is 12.8 Å². The van der Waals surface area contributed by atoms with Gasteiger partial charge in [-0.3, -0.25) is 0 Å². The van der Waals surface area contributed by atoms with Gasteiger partial charge >= 0.3 is 0 Å². The number of ether oxygens (including phenoxy) is 1. The monoisotopic (exact) mass is 273 g/mol. The van der Waals surface area contributed by atoms with Gasteiger partial charge in [-0.25, -0.2) is 17.5 Å². The van der Waals surface area contributed by atoms with E-state index in [-0.39, 0.29) is 11.0 Å². The van der Waals surface area contributed by atoms with Crippen molar-refractivity contribution in [2.24, 2.45) is 0 Å². The summed E-state index contributed by atoms with van der Waals surface area (Å²) in [5.41, 5.74) is -0.618. The molecule has 1 N–H and O–H groups in total. The fourth-order valence-electron chi connectivity index (χ4n) is 1.95. The van der Waals surface area contributed by atoms with Gasteiger partial charge in [0.2, 0.25) is 10.0 Å². The van der Waals surface area contributed by atoms with E-state index < -0.39 is 21.4 Å². The SMILES string of the molecule is CC1OCCC1(C)NS(=O)(=O)c1ccc(F)cc1. The third kappa shape index (κ3) is 2.55. The Balaban J connectivity index is 2.25. The number of nitrogens with one attached hydrogen (secondary N) is 1. The maximum atomic E-state index is 12.8. The van der Waals surface area contributed by atoms with Crippen molar-refractivity contribution in [1.29, 1.82) is 0 Å². The van der Waals surface area contributed by atoms with Gasteiger partial charge in [0.05, 0.1) is 16.5 Å². The third-order valence-corrected chi connectivity index (χ3v) is 5.01. The molecule has 1 aromatic rings. The summed E-state index contributed by atoms with van der Waals surface area (Å²) in [6, 6.07) is 4.76. The van der Waals surface area contributed by atoms with Gasteiger partial charge in [0, 0.05) is 6.61 Å². The summed E-state index contributed by atoms with van der Waals surface area (Å²) >= 11 is 0. The molecule has 1 aliphatic heterocycles. The topological polar surface area (TPSA) is 55.4 Å². The van der Waals surface area contributed by atoms with Crippen molar-refractivity contribution >= 4 is 10.0 Å². The average molecular weight is 273 g/mol. The Morgan fingerprint density at radius 2 is 2.00 bits per heavy atom. The summed E-state index contributed by atoms with van der Waals surface area (Å²) < 4.78 is 45.1. The van der Waals surface area contributed by atoms with Crippen LogP contribution < -0.4 is 4.72 Å². The van der Waals surface area contributed by atoms with Crippen molar-refractivity contribution in [2.75, 3.05) is 6.61 Å². The van der Waals surface area contributed by atoms with Gasteiger partial charge in [-0.2, -0.15) is 0 Å². The molecular weight excluding hydrogens is 257 g/mol. The van der Waals surface area contributed by atoms with Crippen LogP contribution in [-0.4, -0.2) is 26.7 Å². The van der Waals surface area contributed by atoms with Gasteiger partial charge in [-0.05, 0) is 44.5 Å². The van der Waals surface area contributed by atoms with Crippen molar-refractivity contribution in [3.05, 3.63) is 30.1 Å². The molecule has 2 unspecified atom stereocenters. The van der Waals surface area contributed by atoms with Crippen molar-refractivity contribution in [2.45, 2.75) is 36.8 Å². The van der Waals surface area contributed by atoms with Crippen LogP contribution in [0.15, 0.2) is 29.2 Å². The normalized spacial score (nSPS) is 28.5. The Morgan fingerprint density at radius 3 is 2.50 bits per heavy atom. The average Bonchev–Trinajstić information content (AvgIpc) is 2.58. The Bertz CT molecular complexity index is 529. The van der Waals surface area contributed by atoms with Crippen molar-refractivity contribution in [3.8, 4) is 0 Å². The highest BCUT2D eigenvalue weighted by molar-refractivity contribution is 7.89. The summed E-state index contributed by atoms with van der Waals surface area (Å²) in [5, 5.41) is 0. The van der Waals surface area contributed by atoms with E-state index in [1.165, 1.54) is 12.1 Å². The second-order valence-electron chi connectivity index (χ2n) is 4.74. The Kier molecular flexibility index (Phi) is 3.44. The molecule has 1 fully saturated rings. The van der Waals surface area contributed by atoms with Crippen LogP contribution in [0.5, 0.6) is 0 Å². The van der Waals surface area contributed by atoms with E-state index in [2.05, 4.69) is 4.72 Å². The molecule has 2 rings (SSSR count). The van der Waals surface area contributed by atoms with E-state index >= 15 is 0 Å². The first-order valence-electron chi connectivity index (χ1n) is 5.75. The summed E-state index contributed by atoms with van der Waals surface area (Å²) in [6.45, 7) is 4.18. The van der Waals surface area contributed by atoms with Crippen LogP contribution in [0.3, 0.4) is 0 Å². The maximum Gasteiger partial charge on any atom is 0.241 e. The molecule has 1 aromatic carbocycles. The van der Waals surface area contributed by atoms with Crippen LogP contribution in [0.1, 0.15) is 20.3 Å². The zero-order valence-corrected chi connectivity index (χ0v) is 11.1. The second kappa shape index (κ2) is 4.60. The molecule has 0 spiro atoms. The lowest BCUT2D eigenvalue weighted by molar-refractivity contribution is 0.0957. The Hall–Kier alpha value is -0.980. The molecule has 0 aromatic heterocycles. The van der Waals surface area contributed by atoms with Gasteiger partial charge in [0.15, 0.2) is 0 Å². The third-order valence-electron chi connectivity index (χ3n) is 3.38. The molecule has 0 aliphatic carbocycles. The molecular formula is C12H16FNO3S. The molecule has 0 bridgehead atoms. The van der Waals surface area contributed by atoms with Crippen molar-refractivity contribution in [1.82, 2.24) is 4.72 Å². The largest absolute Gasteiger partial charge is 0.376 e. The number of benzene rings is 1. The van der Waals surface area contributed by atoms with Gasteiger partial charge < -0.3 is 4.74 Å². The first-order chi connectivity index (χ1) is 8.33. The number of hydrogen-bond acceptors (Lipinski definition) is 3. The molecule has 1 saturated heterocycles. The van der Waals surface area contributed by atoms with Gasteiger partial charge in [-0.1, -0.05) is 0 Å². The first kappa shape index (κ1) is 13.5. The molecule has 100 valence electrons. The quantitative estimate of drug-likeness (QED) is 0.911. The van der Waals surface area contributed by atoms with Gasteiger partial charge in [-0.15, -0.1) is 0 Å². The van der Waals surface area contributed by atoms with Crippen LogP contribution >= 0.6 is 0 Å². The van der Waals surface area contributed by atoms with Crippen molar-refractivity contribution < 1.29 is 17.5 Å². The lowest BCUT2D eigenvalue weighted by atomic mass is 9.97. The highest BCUT2D eigenvalue weighted by Crippen LogP contribution is 2.27. The number of hydrogen-bond donors (Lipinski definition) is 1. The smallest absolute Gasteiger partial charge is 0.241 e. The number of rotatable bonds is 3. The van der Waals surface area contributed by atoms with E-state index in [4.69, 9.17) is 4.74 Å².